The Kier molecular flexibility index (Phi) is 4.41. The van der Waals surface area contributed by atoms with Crippen LogP contribution in [0, 0.1) is 24.0 Å². The molecule has 0 aromatic heterocycles. The lowest BCUT2D eigenvalue weighted by atomic mass is 10.1. The zero-order valence-electron chi connectivity index (χ0n) is 12.5. The van der Waals surface area contributed by atoms with Gasteiger partial charge >= 0.3 is 5.97 Å². The Balaban J connectivity index is 2.40. The van der Waals surface area contributed by atoms with Gasteiger partial charge in [-0.25, -0.2) is 4.79 Å². The van der Waals surface area contributed by atoms with Crippen molar-refractivity contribution in [3.05, 3.63) is 63.2 Å². The molecule has 0 aliphatic heterocycles. The van der Waals surface area contributed by atoms with Crippen LogP contribution in [0.3, 0.4) is 0 Å². The highest BCUT2D eigenvalue weighted by Crippen LogP contribution is 2.28. The average molecular weight is 301 g/mol. The van der Waals surface area contributed by atoms with E-state index in [0.717, 1.165) is 17.2 Å². The molecule has 6 nitrogen and oxygen atoms in total. The van der Waals surface area contributed by atoms with E-state index >= 15 is 0 Å². The lowest BCUT2D eigenvalue weighted by molar-refractivity contribution is -0.384. The van der Waals surface area contributed by atoms with Crippen LogP contribution in [0.5, 0.6) is 11.5 Å². The number of para-hydroxylation sites is 1. The number of hydrogen-bond acceptors (Lipinski definition) is 5. The van der Waals surface area contributed by atoms with Crippen LogP contribution in [-0.2, 0) is 0 Å². The minimum absolute atomic E-state index is 0.0133. The second kappa shape index (κ2) is 6.26. The van der Waals surface area contributed by atoms with Crippen molar-refractivity contribution in [2.24, 2.45) is 0 Å². The number of ether oxygens (including phenoxy) is 2. The number of carbonyl (C=O) groups excluding carboxylic acids is 1. The highest BCUT2D eigenvalue weighted by atomic mass is 16.6. The molecule has 0 fully saturated rings. The molecule has 0 saturated carbocycles. The summed E-state index contributed by atoms with van der Waals surface area (Å²) in [7, 11) is 1.39. The number of nitro groups is 1. The summed E-state index contributed by atoms with van der Waals surface area (Å²) < 4.78 is 10.5. The van der Waals surface area contributed by atoms with E-state index in [1.807, 2.05) is 32.0 Å². The van der Waals surface area contributed by atoms with Crippen LogP contribution in [0.25, 0.3) is 0 Å². The first-order valence-corrected chi connectivity index (χ1v) is 6.55. The predicted octanol–water partition coefficient (Wildman–Crippen LogP) is 3.44. The number of rotatable bonds is 4. The first-order valence-electron chi connectivity index (χ1n) is 6.55. The maximum absolute atomic E-state index is 12.3. The fourth-order valence-electron chi connectivity index (χ4n) is 2.08. The number of nitro benzene ring substituents is 1. The highest BCUT2D eigenvalue weighted by Gasteiger charge is 2.20. The predicted molar refractivity (Wildman–Crippen MR) is 80.5 cm³/mol. The standard InChI is InChI=1S/C16H15NO5/c1-10-5-4-6-11(2)15(10)22-16(18)13-9-12(17(19)20)7-8-14(13)21-3/h4-9H,1-3H3. The summed E-state index contributed by atoms with van der Waals surface area (Å²) in [5.74, 6) is -0.0270. The van der Waals surface area contributed by atoms with Crippen LogP contribution >= 0.6 is 0 Å². The van der Waals surface area contributed by atoms with Crippen LogP contribution in [-0.4, -0.2) is 18.0 Å². The Morgan fingerprint density at radius 3 is 2.32 bits per heavy atom. The third-order valence-electron chi connectivity index (χ3n) is 3.22. The van der Waals surface area contributed by atoms with Crippen molar-refractivity contribution in [3.8, 4) is 11.5 Å². The van der Waals surface area contributed by atoms with E-state index in [-0.39, 0.29) is 17.0 Å². The molecule has 0 radical (unpaired) electrons. The first-order chi connectivity index (χ1) is 10.4. The Hall–Kier alpha value is -2.89. The molecule has 2 aromatic rings. The second-order valence-corrected chi connectivity index (χ2v) is 4.75. The number of aryl methyl sites for hydroxylation is 2. The van der Waals surface area contributed by atoms with Crippen LogP contribution in [0.1, 0.15) is 21.5 Å². The number of methoxy groups -OCH3 is 1. The van der Waals surface area contributed by atoms with E-state index in [2.05, 4.69) is 0 Å². The molecule has 0 amide bonds. The van der Waals surface area contributed by atoms with Gasteiger partial charge in [0.15, 0.2) is 0 Å². The fraction of sp³-hybridized carbons (Fsp3) is 0.188. The van der Waals surface area contributed by atoms with Gasteiger partial charge < -0.3 is 9.47 Å². The highest BCUT2D eigenvalue weighted by molar-refractivity contribution is 5.95. The zero-order valence-corrected chi connectivity index (χ0v) is 12.5. The SMILES string of the molecule is COc1ccc([N+](=O)[O-])cc1C(=O)Oc1c(C)cccc1C. The molecule has 0 saturated heterocycles. The number of hydrogen-bond donors (Lipinski definition) is 0. The van der Waals surface area contributed by atoms with Gasteiger partial charge in [0.25, 0.3) is 5.69 Å². The largest absolute Gasteiger partial charge is 0.496 e. The maximum atomic E-state index is 12.3. The van der Waals surface area contributed by atoms with Gasteiger partial charge in [-0.3, -0.25) is 10.1 Å². The zero-order chi connectivity index (χ0) is 16.3. The van der Waals surface area contributed by atoms with Gasteiger partial charge in [-0.15, -0.1) is 0 Å². The third kappa shape index (κ3) is 3.06. The van der Waals surface area contributed by atoms with Gasteiger partial charge in [0.2, 0.25) is 0 Å². The van der Waals surface area contributed by atoms with E-state index in [4.69, 9.17) is 9.47 Å². The monoisotopic (exact) mass is 301 g/mol. The molecule has 0 aliphatic carbocycles. The van der Waals surface area contributed by atoms with Crippen LogP contribution < -0.4 is 9.47 Å². The molecule has 0 atom stereocenters. The van der Waals surface area contributed by atoms with E-state index in [1.165, 1.54) is 19.2 Å². The Morgan fingerprint density at radius 2 is 1.77 bits per heavy atom. The molecule has 114 valence electrons. The molecular weight excluding hydrogens is 286 g/mol. The van der Waals surface area contributed by atoms with Crippen molar-refractivity contribution >= 4 is 11.7 Å². The number of esters is 1. The Labute approximate surface area is 127 Å². The smallest absolute Gasteiger partial charge is 0.347 e. The summed E-state index contributed by atoms with van der Waals surface area (Å²) in [6.07, 6.45) is 0. The van der Waals surface area contributed by atoms with Crippen LogP contribution in [0.4, 0.5) is 5.69 Å². The van der Waals surface area contributed by atoms with Gasteiger partial charge in [0, 0.05) is 12.1 Å². The summed E-state index contributed by atoms with van der Waals surface area (Å²) in [6.45, 7) is 3.64. The van der Waals surface area contributed by atoms with Gasteiger partial charge in [0.1, 0.15) is 17.1 Å². The number of carbonyl (C=O) groups is 1. The lowest BCUT2D eigenvalue weighted by Gasteiger charge is -2.12. The van der Waals surface area contributed by atoms with Crippen molar-refractivity contribution in [2.75, 3.05) is 7.11 Å². The van der Waals surface area contributed by atoms with Crippen LogP contribution in [0.15, 0.2) is 36.4 Å². The Morgan fingerprint density at radius 1 is 1.14 bits per heavy atom. The van der Waals surface area contributed by atoms with E-state index in [1.54, 1.807) is 0 Å². The maximum Gasteiger partial charge on any atom is 0.347 e. The third-order valence-corrected chi connectivity index (χ3v) is 3.22. The van der Waals surface area contributed by atoms with Gasteiger partial charge in [-0.2, -0.15) is 0 Å². The van der Waals surface area contributed by atoms with Crippen molar-refractivity contribution < 1.29 is 19.2 Å². The average Bonchev–Trinajstić information content (AvgIpc) is 2.50. The van der Waals surface area contributed by atoms with Crippen molar-refractivity contribution in [1.82, 2.24) is 0 Å². The molecule has 2 rings (SSSR count). The summed E-state index contributed by atoms with van der Waals surface area (Å²) >= 11 is 0. The normalized spacial score (nSPS) is 10.1. The van der Waals surface area contributed by atoms with Crippen molar-refractivity contribution in [1.29, 1.82) is 0 Å². The number of benzene rings is 2. The van der Waals surface area contributed by atoms with E-state index in [0.29, 0.717) is 5.75 Å². The number of non-ortho nitro benzene ring substituents is 1. The fourth-order valence-corrected chi connectivity index (χ4v) is 2.08. The summed E-state index contributed by atoms with van der Waals surface area (Å²) in [6, 6.07) is 9.29. The minimum Gasteiger partial charge on any atom is -0.496 e. The molecule has 0 heterocycles. The topological polar surface area (TPSA) is 78.7 Å². The van der Waals surface area contributed by atoms with E-state index < -0.39 is 10.9 Å². The number of nitrogens with zero attached hydrogens (tertiary/aromatic N) is 1. The minimum atomic E-state index is -0.696. The molecule has 0 spiro atoms. The molecule has 0 bridgehead atoms. The molecule has 0 aliphatic rings. The van der Waals surface area contributed by atoms with Crippen LogP contribution in [0.2, 0.25) is 0 Å². The van der Waals surface area contributed by atoms with Crippen molar-refractivity contribution in [3.63, 3.8) is 0 Å². The molecular formula is C16H15NO5. The van der Waals surface area contributed by atoms with E-state index in [9.17, 15) is 14.9 Å². The molecule has 0 N–H and O–H groups in total. The summed E-state index contributed by atoms with van der Waals surface area (Å²) in [5, 5.41) is 10.9. The van der Waals surface area contributed by atoms with Crippen molar-refractivity contribution in [2.45, 2.75) is 13.8 Å². The summed E-state index contributed by atoms with van der Waals surface area (Å²) in [5.41, 5.74) is 1.42. The molecule has 6 heteroatoms. The Bertz CT molecular complexity index is 719. The first kappa shape index (κ1) is 15.5. The lowest BCUT2D eigenvalue weighted by Crippen LogP contribution is -2.12. The quantitative estimate of drug-likeness (QED) is 0.374. The van der Waals surface area contributed by atoms with Gasteiger partial charge in [0.05, 0.1) is 12.0 Å². The molecule has 0 unspecified atom stereocenters. The second-order valence-electron chi connectivity index (χ2n) is 4.75. The van der Waals surface area contributed by atoms with Gasteiger partial charge in [-0.1, -0.05) is 18.2 Å². The summed E-state index contributed by atoms with van der Waals surface area (Å²) in [4.78, 5) is 22.6. The molecule has 2 aromatic carbocycles. The van der Waals surface area contributed by atoms with Gasteiger partial charge in [-0.05, 0) is 31.0 Å². The molecule has 22 heavy (non-hydrogen) atoms.